The Balaban J connectivity index is 1.72. The Hall–Kier alpha value is -2.93. The number of oxazole rings is 1. The van der Waals surface area contributed by atoms with Crippen LogP contribution >= 0.6 is 11.6 Å². The van der Waals surface area contributed by atoms with Gasteiger partial charge in [-0.1, -0.05) is 17.7 Å². The molecule has 2 aromatic carbocycles. The van der Waals surface area contributed by atoms with Crippen molar-refractivity contribution in [3.8, 4) is 11.5 Å². The minimum atomic E-state index is -0.489. The van der Waals surface area contributed by atoms with E-state index < -0.39 is 10.7 Å². The zero-order valence-electron chi connectivity index (χ0n) is 12.2. The van der Waals surface area contributed by atoms with Crippen molar-refractivity contribution in [2.24, 2.45) is 0 Å². The highest BCUT2D eigenvalue weighted by molar-refractivity contribution is 6.31. The minimum absolute atomic E-state index is 0.0254. The van der Waals surface area contributed by atoms with Crippen molar-refractivity contribution in [1.29, 1.82) is 0 Å². The molecule has 24 heavy (non-hydrogen) atoms. The summed E-state index contributed by atoms with van der Waals surface area (Å²) in [7, 11) is 0. The van der Waals surface area contributed by atoms with Crippen LogP contribution in [-0.2, 0) is 6.54 Å². The molecule has 0 fully saturated rings. The highest BCUT2D eigenvalue weighted by Gasteiger charge is 2.11. The molecule has 0 amide bonds. The minimum Gasteiger partial charge on any atom is -0.444 e. The van der Waals surface area contributed by atoms with Gasteiger partial charge in [-0.25, -0.2) is 9.37 Å². The van der Waals surface area contributed by atoms with Crippen LogP contribution in [0.3, 0.4) is 0 Å². The van der Waals surface area contributed by atoms with Crippen LogP contribution in [0.4, 0.5) is 15.8 Å². The Kier molecular flexibility index (Phi) is 4.43. The molecule has 6 nitrogen and oxygen atoms in total. The molecule has 0 bridgehead atoms. The lowest BCUT2D eigenvalue weighted by Gasteiger charge is -2.04. The quantitative estimate of drug-likeness (QED) is 0.536. The van der Waals surface area contributed by atoms with Crippen molar-refractivity contribution in [3.63, 3.8) is 0 Å². The lowest BCUT2D eigenvalue weighted by Crippen LogP contribution is -2.00. The van der Waals surface area contributed by atoms with E-state index in [-0.39, 0.29) is 16.6 Å². The number of rotatable bonds is 5. The summed E-state index contributed by atoms with van der Waals surface area (Å²) >= 11 is 5.72. The standard InChI is InChI=1S/C16H11ClFN3O3/c17-14-7-11(4-5-15(14)18)19-8-12-9-24-16(20-12)10-2-1-3-13(6-10)21(22)23/h1-7,9,19H,8H2. The Morgan fingerprint density at radius 2 is 2.12 bits per heavy atom. The third-order valence-corrected chi connectivity index (χ3v) is 3.54. The lowest BCUT2D eigenvalue weighted by molar-refractivity contribution is -0.384. The van der Waals surface area contributed by atoms with E-state index in [9.17, 15) is 14.5 Å². The molecule has 0 aliphatic carbocycles. The molecular weight excluding hydrogens is 337 g/mol. The number of hydrogen-bond donors (Lipinski definition) is 1. The number of nitrogens with zero attached hydrogens (tertiary/aromatic N) is 2. The normalized spacial score (nSPS) is 10.6. The number of benzene rings is 2. The Morgan fingerprint density at radius 3 is 2.88 bits per heavy atom. The van der Waals surface area contributed by atoms with Gasteiger partial charge in [0.15, 0.2) is 0 Å². The predicted molar refractivity (Wildman–Crippen MR) is 87.3 cm³/mol. The summed E-state index contributed by atoms with van der Waals surface area (Å²) in [6, 6.07) is 10.3. The molecule has 0 aliphatic rings. The SMILES string of the molecule is O=[N+]([O-])c1cccc(-c2nc(CNc3ccc(F)c(Cl)c3)co2)c1. The summed E-state index contributed by atoms with van der Waals surface area (Å²) in [5, 5.41) is 13.9. The fourth-order valence-corrected chi connectivity index (χ4v) is 2.25. The van der Waals surface area contributed by atoms with Gasteiger partial charge >= 0.3 is 0 Å². The Bertz CT molecular complexity index is 898. The maximum atomic E-state index is 13.1. The second-order valence-electron chi connectivity index (χ2n) is 4.93. The number of nitro groups is 1. The first kappa shape index (κ1) is 15.9. The average molecular weight is 348 g/mol. The van der Waals surface area contributed by atoms with E-state index in [1.807, 2.05) is 0 Å². The highest BCUT2D eigenvalue weighted by Crippen LogP contribution is 2.24. The van der Waals surface area contributed by atoms with E-state index in [2.05, 4.69) is 10.3 Å². The number of anilines is 1. The van der Waals surface area contributed by atoms with Gasteiger partial charge in [0.05, 0.1) is 22.2 Å². The predicted octanol–water partition coefficient (Wildman–Crippen LogP) is 4.65. The van der Waals surface area contributed by atoms with Crippen molar-refractivity contribution >= 4 is 23.0 Å². The van der Waals surface area contributed by atoms with Gasteiger partial charge in [-0.15, -0.1) is 0 Å². The summed E-state index contributed by atoms with van der Waals surface area (Å²) < 4.78 is 18.5. The van der Waals surface area contributed by atoms with Crippen molar-refractivity contribution < 1.29 is 13.7 Å². The van der Waals surface area contributed by atoms with Gasteiger partial charge in [0.1, 0.15) is 12.1 Å². The van der Waals surface area contributed by atoms with Crippen molar-refractivity contribution in [1.82, 2.24) is 4.98 Å². The van der Waals surface area contributed by atoms with E-state index in [1.54, 1.807) is 18.2 Å². The van der Waals surface area contributed by atoms with Gasteiger partial charge in [-0.05, 0) is 24.3 Å². The zero-order chi connectivity index (χ0) is 17.1. The first-order valence-electron chi connectivity index (χ1n) is 6.91. The van der Waals surface area contributed by atoms with Crippen LogP contribution in [-0.4, -0.2) is 9.91 Å². The molecule has 1 heterocycles. The monoisotopic (exact) mass is 347 g/mol. The van der Waals surface area contributed by atoms with Gasteiger partial charge in [-0.2, -0.15) is 0 Å². The van der Waals surface area contributed by atoms with Crippen LogP contribution in [0.25, 0.3) is 11.5 Å². The van der Waals surface area contributed by atoms with Crippen LogP contribution < -0.4 is 5.32 Å². The maximum absolute atomic E-state index is 13.1. The first-order valence-corrected chi connectivity index (χ1v) is 7.29. The fourth-order valence-electron chi connectivity index (χ4n) is 2.07. The summed E-state index contributed by atoms with van der Waals surface area (Å²) in [4.78, 5) is 14.6. The van der Waals surface area contributed by atoms with Crippen LogP contribution in [0.5, 0.6) is 0 Å². The number of nitro benzene ring substituents is 1. The van der Waals surface area contributed by atoms with E-state index >= 15 is 0 Å². The van der Waals surface area contributed by atoms with Crippen LogP contribution in [0.1, 0.15) is 5.69 Å². The zero-order valence-corrected chi connectivity index (χ0v) is 13.0. The summed E-state index contributed by atoms with van der Waals surface area (Å²) in [6.07, 6.45) is 1.45. The second kappa shape index (κ2) is 6.67. The van der Waals surface area contributed by atoms with Gasteiger partial charge in [-0.3, -0.25) is 10.1 Å². The topological polar surface area (TPSA) is 81.2 Å². The van der Waals surface area contributed by atoms with Crippen LogP contribution in [0, 0.1) is 15.9 Å². The molecular formula is C16H11ClFN3O3. The third-order valence-electron chi connectivity index (χ3n) is 3.25. The van der Waals surface area contributed by atoms with Crippen LogP contribution in [0.15, 0.2) is 53.1 Å². The number of halogens is 2. The third kappa shape index (κ3) is 3.52. The largest absolute Gasteiger partial charge is 0.444 e. The molecule has 3 rings (SSSR count). The van der Waals surface area contributed by atoms with E-state index in [4.69, 9.17) is 16.0 Å². The summed E-state index contributed by atoms with van der Waals surface area (Å²) in [6.45, 7) is 0.334. The molecule has 122 valence electrons. The molecule has 3 aromatic rings. The number of aromatic nitrogens is 1. The molecule has 8 heteroatoms. The smallest absolute Gasteiger partial charge is 0.270 e. The maximum Gasteiger partial charge on any atom is 0.270 e. The number of hydrogen-bond acceptors (Lipinski definition) is 5. The van der Waals surface area contributed by atoms with Gasteiger partial charge < -0.3 is 9.73 Å². The van der Waals surface area contributed by atoms with Crippen molar-refractivity contribution in [2.45, 2.75) is 6.54 Å². The van der Waals surface area contributed by atoms with Gasteiger partial charge in [0.25, 0.3) is 5.69 Å². The lowest BCUT2D eigenvalue weighted by atomic mass is 10.2. The molecule has 1 aromatic heterocycles. The molecule has 0 saturated carbocycles. The van der Waals surface area contributed by atoms with Gasteiger partial charge in [0.2, 0.25) is 5.89 Å². The summed E-state index contributed by atoms with van der Waals surface area (Å²) in [5.41, 5.74) is 1.71. The molecule has 0 atom stereocenters. The van der Waals surface area contributed by atoms with E-state index in [1.165, 1.54) is 30.5 Å². The van der Waals surface area contributed by atoms with Gasteiger partial charge in [0, 0.05) is 23.4 Å². The highest BCUT2D eigenvalue weighted by atomic mass is 35.5. The average Bonchev–Trinajstić information content (AvgIpc) is 3.05. The Labute approximate surface area is 141 Å². The van der Waals surface area contributed by atoms with E-state index in [0.29, 0.717) is 23.5 Å². The second-order valence-corrected chi connectivity index (χ2v) is 5.34. The number of non-ortho nitro benzene ring substituents is 1. The molecule has 0 unspecified atom stereocenters. The molecule has 0 radical (unpaired) electrons. The van der Waals surface area contributed by atoms with E-state index in [0.717, 1.165) is 0 Å². The molecule has 0 aliphatic heterocycles. The Morgan fingerprint density at radius 1 is 1.29 bits per heavy atom. The van der Waals surface area contributed by atoms with Crippen LogP contribution in [0.2, 0.25) is 5.02 Å². The van der Waals surface area contributed by atoms with Crippen molar-refractivity contribution in [2.75, 3.05) is 5.32 Å². The van der Waals surface area contributed by atoms with Crippen molar-refractivity contribution in [3.05, 3.63) is 75.4 Å². The molecule has 0 spiro atoms. The fraction of sp³-hybridized carbons (Fsp3) is 0.0625. The first-order chi connectivity index (χ1) is 11.5. The molecule has 0 saturated heterocycles. The summed E-state index contributed by atoms with van der Waals surface area (Å²) in [5.74, 6) is -0.204. The number of nitrogens with one attached hydrogen (secondary N) is 1. The molecule has 1 N–H and O–H groups in total.